The molecule has 2 heteroatoms. The predicted octanol–water partition coefficient (Wildman–Crippen LogP) is 3.55. The van der Waals surface area contributed by atoms with E-state index in [0.29, 0.717) is 17.8 Å². The predicted molar refractivity (Wildman–Crippen MR) is 71.3 cm³/mol. The van der Waals surface area contributed by atoms with Gasteiger partial charge < -0.3 is 10.4 Å². The molecule has 0 spiro atoms. The SMILES string of the molecule is CCCC(C)NC1CCCc2cc(O)ccc21. The van der Waals surface area contributed by atoms with Gasteiger partial charge in [-0.25, -0.2) is 0 Å². The largest absolute Gasteiger partial charge is 0.508 e. The van der Waals surface area contributed by atoms with Gasteiger partial charge in [0.05, 0.1) is 0 Å². The van der Waals surface area contributed by atoms with E-state index in [1.807, 2.05) is 12.1 Å². The molecule has 2 atom stereocenters. The number of fused-ring (bicyclic) bond motifs is 1. The maximum Gasteiger partial charge on any atom is 0.115 e. The molecule has 2 unspecified atom stereocenters. The summed E-state index contributed by atoms with van der Waals surface area (Å²) in [4.78, 5) is 0. The van der Waals surface area contributed by atoms with E-state index in [9.17, 15) is 5.11 Å². The zero-order chi connectivity index (χ0) is 12.3. The van der Waals surface area contributed by atoms with E-state index < -0.39 is 0 Å². The Bertz CT molecular complexity index is 375. The van der Waals surface area contributed by atoms with Crippen LogP contribution in [0, 0.1) is 0 Å². The van der Waals surface area contributed by atoms with Gasteiger partial charge >= 0.3 is 0 Å². The number of phenolic OH excluding ortho intramolecular Hbond substituents is 1. The number of aromatic hydroxyl groups is 1. The summed E-state index contributed by atoms with van der Waals surface area (Å²) in [5, 5.41) is 13.2. The van der Waals surface area contributed by atoms with Crippen molar-refractivity contribution < 1.29 is 5.11 Å². The lowest BCUT2D eigenvalue weighted by atomic mass is 9.87. The maximum absolute atomic E-state index is 9.52. The van der Waals surface area contributed by atoms with Crippen LogP contribution in [0.3, 0.4) is 0 Å². The number of nitrogens with one attached hydrogen (secondary N) is 1. The monoisotopic (exact) mass is 233 g/mol. The first kappa shape index (κ1) is 12.4. The maximum atomic E-state index is 9.52. The lowest BCUT2D eigenvalue weighted by Gasteiger charge is -2.29. The highest BCUT2D eigenvalue weighted by atomic mass is 16.3. The Morgan fingerprint density at radius 1 is 1.47 bits per heavy atom. The summed E-state index contributed by atoms with van der Waals surface area (Å²) in [6.07, 6.45) is 5.98. The smallest absolute Gasteiger partial charge is 0.115 e. The Morgan fingerprint density at radius 2 is 2.29 bits per heavy atom. The van der Waals surface area contributed by atoms with Crippen LogP contribution in [0.2, 0.25) is 0 Å². The normalized spacial score (nSPS) is 20.9. The van der Waals surface area contributed by atoms with E-state index in [1.54, 1.807) is 0 Å². The molecule has 2 N–H and O–H groups in total. The molecule has 0 amide bonds. The third-order valence-corrected chi connectivity index (χ3v) is 3.65. The highest BCUT2D eigenvalue weighted by Crippen LogP contribution is 2.32. The van der Waals surface area contributed by atoms with Gasteiger partial charge in [-0.1, -0.05) is 19.4 Å². The standard InChI is InChI=1S/C15H23NO/c1-3-5-11(2)16-15-7-4-6-12-10-13(17)8-9-14(12)15/h8-11,15-17H,3-7H2,1-2H3. The van der Waals surface area contributed by atoms with Gasteiger partial charge in [-0.15, -0.1) is 0 Å². The Balaban J connectivity index is 2.11. The molecular weight excluding hydrogens is 210 g/mol. The van der Waals surface area contributed by atoms with Crippen molar-refractivity contribution in [2.45, 2.75) is 58.0 Å². The highest BCUT2D eigenvalue weighted by molar-refractivity contribution is 5.38. The molecule has 1 aliphatic rings. The number of aryl methyl sites for hydroxylation is 1. The van der Waals surface area contributed by atoms with E-state index >= 15 is 0 Å². The number of hydrogen-bond donors (Lipinski definition) is 2. The molecule has 1 aromatic carbocycles. The van der Waals surface area contributed by atoms with Crippen molar-refractivity contribution in [3.05, 3.63) is 29.3 Å². The van der Waals surface area contributed by atoms with E-state index in [-0.39, 0.29) is 0 Å². The van der Waals surface area contributed by atoms with Gasteiger partial charge in [-0.3, -0.25) is 0 Å². The van der Waals surface area contributed by atoms with Crippen molar-refractivity contribution in [3.8, 4) is 5.75 Å². The summed E-state index contributed by atoms with van der Waals surface area (Å²) in [5.41, 5.74) is 2.70. The lowest BCUT2D eigenvalue weighted by molar-refractivity contribution is 0.392. The van der Waals surface area contributed by atoms with Gasteiger partial charge in [0.2, 0.25) is 0 Å². The second-order valence-electron chi connectivity index (χ2n) is 5.18. The molecular formula is C15H23NO. The Labute approximate surface area is 104 Å². The Kier molecular flexibility index (Phi) is 4.06. The Hall–Kier alpha value is -1.02. The Morgan fingerprint density at radius 3 is 3.06 bits per heavy atom. The first-order chi connectivity index (χ1) is 8.20. The molecule has 94 valence electrons. The van der Waals surface area contributed by atoms with Gasteiger partial charge in [0.25, 0.3) is 0 Å². The van der Waals surface area contributed by atoms with E-state index in [2.05, 4.69) is 25.2 Å². The first-order valence-electron chi connectivity index (χ1n) is 6.78. The van der Waals surface area contributed by atoms with Crippen molar-refractivity contribution in [3.63, 3.8) is 0 Å². The fraction of sp³-hybridized carbons (Fsp3) is 0.600. The molecule has 0 saturated heterocycles. The van der Waals surface area contributed by atoms with Crippen molar-refractivity contribution in [1.82, 2.24) is 5.32 Å². The van der Waals surface area contributed by atoms with E-state index in [1.165, 1.54) is 36.8 Å². The number of benzene rings is 1. The van der Waals surface area contributed by atoms with Gasteiger partial charge in [0, 0.05) is 12.1 Å². The van der Waals surface area contributed by atoms with Crippen LogP contribution >= 0.6 is 0 Å². The van der Waals surface area contributed by atoms with Crippen molar-refractivity contribution >= 4 is 0 Å². The molecule has 0 heterocycles. The topological polar surface area (TPSA) is 32.3 Å². The van der Waals surface area contributed by atoms with Crippen molar-refractivity contribution in [2.24, 2.45) is 0 Å². The van der Waals surface area contributed by atoms with Crippen LogP contribution in [0.4, 0.5) is 0 Å². The van der Waals surface area contributed by atoms with Crippen LogP contribution in [0.25, 0.3) is 0 Å². The second-order valence-corrected chi connectivity index (χ2v) is 5.18. The highest BCUT2D eigenvalue weighted by Gasteiger charge is 2.21. The van der Waals surface area contributed by atoms with Crippen LogP contribution < -0.4 is 5.32 Å². The van der Waals surface area contributed by atoms with Gasteiger partial charge in [0.1, 0.15) is 5.75 Å². The third-order valence-electron chi connectivity index (χ3n) is 3.65. The van der Waals surface area contributed by atoms with Crippen LogP contribution in [0.1, 0.15) is 56.7 Å². The van der Waals surface area contributed by atoms with Crippen molar-refractivity contribution in [1.29, 1.82) is 0 Å². The number of hydrogen-bond acceptors (Lipinski definition) is 2. The molecule has 0 fully saturated rings. The summed E-state index contributed by atoms with van der Waals surface area (Å²) >= 11 is 0. The summed E-state index contributed by atoms with van der Waals surface area (Å²) in [7, 11) is 0. The molecule has 2 nitrogen and oxygen atoms in total. The van der Waals surface area contributed by atoms with Gasteiger partial charge in [-0.2, -0.15) is 0 Å². The minimum atomic E-state index is 0.394. The number of rotatable bonds is 4. The minimum absolute atomic E-state index is 0.394. The summed E-state index contributed by atoms with van der Waals surface area (Å²) in [5.74, 6) is 0.394. The fourth-order valence-corrected chi connectivity index (χ4v) is 2.83. The summed E-state index contributed by atoms with van der Waals surface area (Å²) in [6.45, 7) is 4.49. The van der Waals surface area contributed by atoms with Crippen LogP contribution in [-0.4, -0.2) is 11.1 Å². The third kappa shape index (κ3) is 3.01. The fourth-order valence-electron chi connectivity index (χ4n) is 2.83. The average molecular weight is 233 g/mol. The van der Waals surface area contributed by atoms with Crippen LogP contribution in [0.15, 0.2) is 18.2 Å². The van der Waals surface area contributed by atoms with Crippen LogP contribution in [0.5, 0.6) is 5.75 Å². The van der Waals surface area contributed by atoms with Crippen LogP contribution in [-0.2, 0) is 6.42 Å². The first-order valence-corrected chi connectivity index (χ1v) is 6.78. The summed E-state index contributed by atoms with van der Waals surface area (Å²) in [6, 6.07) is 6.86. The van der Waals surface area contributed by atoms with Gasteiger partial charge in [0.15, 0.2) is 0 Å². The molecule has 1 aromatic rings. The quantitative estimate of drug-likeness (QED) is 0.833. The average Bonchev–Trinajstić information content (AvgIpc) is 2.29. The molecule has 2 rings (SSSR count). The van der Waals surface area contributed by atoms with E-state index in [0.717, 1.165) is 6.42 Å². The lowest BCUT2D eigenvalue weighted by Crippen LogP contribution is -2.32. The summed E-state index contributed by atoms with van der Waals surface area (Å²) < 4.78 is 0. The van der Waals surface area contributed by atoms with E-state index in [4.69, 9.17) is 0 Å². The molecule has 0 aliphatic heterocycles. The molecule has 0 radical (unpaired) electrons. The molecule has 17 heavy (non-hydrogen) atoms. The second kappa shape index (κ2) is 5.54. The van der Waals surface area contributed by atoms with Gasteiger partial charge in [-0.05, 0) is 55.9 Å². The molecule has 0 aromatic heterocycles. The molecule has 1 aliphatic carbocycles. The zero-order valence-corrected chi connectivity index (χ0v) is 10.9. The zero-order valence-electron chi connectivity index (χ0n) is 10.9. The minimum Gasteiger partial charge on any atom is -0.508 e. The molecule has 0 bridgehead atoms. The number of phenols is 1. The van der Waals surface area contributed by atoms with Crippen molar-refractivity contribution in [2.75, 3.05) is 0 Å². The molecule has 0 saturated carbocycles.